The number of sulfonamides is 1. The van der Waals surface area contributed by atoms with Gasteiger partial charge in [0.2, 0.25) is 5.91 Å². The largest absolute Gasteiger partial charge is 0.325 e. The van der Waals surface area contributed by atoms with Gasteiger partial charge in [0, 0.05) is 17.3 Å². The molecule has 0 unspecified atom stereocenters. The third-order valence-corrected chi connectivity index (χ3v) is 7.48. The van der Waals surface area contributed by atoms with Crippen LogP contribution < -0.4 is 15.4 Å². The predicted octanol–water partition coefficient (Wildman–Crippen LogP) is 2.66. The second-order valence-electron chi connectivity index (χ2n) is 7.83. The normalized spacial score (nSPS) is 18.0. The Morgan fingerprint density at radius 1 is 1.12 bits per heavy atom. The van der Waals surface area contributed by atoms with Crippen molar-refractivity contribution in [2.24, 2.45) is 0 Å². The Morgan fingerprint density at radius 2 is 1.79 bits per heavy atom. The molecule has 0 spiro atoms. The van der Waals surface area contributed by atoms with Crippen LogP contribution in [0.3, 0.4) is 0 Å². The fourth-order valence-corrected chi connectivity index (χ4v) is 5.22. The number of urea groups is 1. The number of aryl methyl sites for hydroxylation is 1. The Morgan fingerprint density at radius 3 is 2.41 bits per heavy atom. The lowest BCUT2D eigenvalue weighted by Gasteiger charge is -2.22. The van der Waals surface area contributed by atoms with E-state index >= 15 is 0 Å². The molecule has 34 heavy (non-hydrogen) atoms. The van der Waals surface area contributed by atoms with Crippen molar-refractivity contribution in [3.63, 3.8) is 0 Å². The Labute approximate surface area is 200 Å². The minimum Gasteiger partial charge on any atom is -0.325 e. The number of carbonyl (C=O) groups excluding carboxylic acids is 3. The molecular weight excluding hydrogens is 478 g/mol. The summed E-state index contributed by atoms with van der Waals surface area (Å²) in [5, 5.41) is 7.11. The monoisotopic (exact) mass is 499 g/mol. The molecule has 1 atom stereocenters. The first-order chi connectivity index (χ1) is 16.1. The van der Waals surface area contributed by atoms with Crippen LogP contribution in [-0.2, 0) is 25.2 Å². The van der Waals surface area contributed by atoms with Crippen molar-refractivity contribution in [2.45, 2.75) is 24.3 Å². The van der Waals surface area contributed by atoms with E-state index in [9.17, 15) is 22.8 Å². The molecule has 12 heteroatoms. The summed E-state index contributed by atoms with van der Waals surface area (Å²) in [4.78, 5) is 42.7. The van der Waals surface area contributed by atoms with Crippen LogP contribution in [0.25, 0.3) is 0 Å². The number of imide groups is 1. The highest BCUT2D eigenvalue weighted by molar-refractivity contribution is 7.93. The third kappa shape index (κ3) is 4.63. The number of aromatic nitrogens is 1. The van der Waals surface area contributed by atoms with Crippen molar-refractivity contribution >= 4 is 50.0 Å². The van der Waals surface area contributed by atoms with Crippen molar-refractivity contribution in [1.82, 2.24) is 15.2 Å². The summed E-state index contributed by atoms with van der Waals surface area (Å²) in [6.07, 6.45) is 1.48. The van der Waals surface area contributed by atoms with Crippen LogP contribution in [0.4, 0.5) is 15.6 Å². The average Bonchev–Trinajstić information content (AvgIpc) is 3.36. The maximum absolute atomic E-state index is 13.0. The second-order valence-corrected chi connectivity index (χ2v) is 10.4. The van der Waals surface area contributed by atoms with Gasteiger partial charge in [0.25, 0.3) is 15.9 Å². The quantitative estimate of drug-likeness (QED) is 0.428. The summed E-state index contributed by atoms with van der Waals surface area (Å²) >= 11 is 1.15. The van der Waals surface area contributed by atoms with E-state index < -0.39 is 40.0 Å². The Hall–Kier alpha value is -3.77. The number of anilines is 2. The van der Waals surface area contributed by atoms with Gasteiger partial charge in [0.1, 0.15) is 12.1 Å². The highest BCUT2D eigenvalue weighted by atomic mass is 32.2. The lowest BCUT2D eigenvalue weighted by atomic mass is 9.91. The van der Waals surface area contributed by atoms with Gasteiger partial charge >= 0.3 is 6.03 Å². The molecule has 0 aliphatic carbocycles. The number of nitrogens with zero attached hydrogens (tertiary/aromatic N) is 2. The molecule has 2 aromatic carbocycles. The molecule has 1 saturated heterocycles. The van der Waals surface area contributed by atoms with E-state index in [1.807, 2.05) is 19.1 Å². The van der Waals surface area contributed by atoms with Gasteiger partial charge in [-0.25, -0.2) is 18.2 Å². The fraction of sp³-hybridized carbons (Fsp3) is 0.182. The lowest BCUT2D eigenvalue weighted by Crippen LogP contribution is -2.42. The van der Waals surface area contributed by atoms with E-state index in [-0.39, 0.29) is 10.0 Å². The zero-order valence-corrected chi connectivity index (χ0v) is 19.9. The van der Waals surface area contributed by atoms with Gasteiger partial charge in [-0.15, -0.1) is 11.3 Å². The molecule has 4 amide bonds. The molecule has 1 fully saturated rings. The van der Waals surface area contributed by atoms with Crippen molar-refractivity contribution in [3.05, 3.63) is 71.2 Å². The van der Waals surface area contributed by atoms with E-state index in [0.29, 0.717) is 11.3 Å². The van der Waals surface area contributed by atoms with E-state index in [1.54, 1.807) is 24.4 Å². The number of amides is 4. The van der Waals surface area contributed by atoms with E-state index in [4.69, 9.17) is 0 Å². The number of nitrogens with one attached hydrogen (secondary N) is 3. The highest BCUT2D eigenvalue weighted by Gasteiger charge is 2.49. The minimum atomic E-state index is -3.82. The summed E-state index contributed by atoms with van der Waals surface area (Å²) in [6, 6.07) is 12.0. The molecule has 176 valence electrons. The second kappa shape index (κ2) is 8.88. The van der Waals surface area contributed by atoms with Gasteiger partial charge in [-0.2, -0.15) is 0 Å². The van der Waals surface area contributed by atoms with Gasteiger partial charge in [-0.05, 0) is 43.7 Å². The zero-order valence-electron chi connectivity index (χ0n) is 18.2. The van der Waals surface area contributed by atoms with Crippen LogP contribution in [0.1, 0.15) is 18.1 Å². The van der Waals surface area contributed by atoms with Crippen LogP contribution >= 0.6 is 11.3 Å². The number of rotatable bonds is 7. The molecule has 3 N–H and O–H groups in total. The molecule has 1 aromatic heterocycles. The van der Waals surface area contributed by atoms with E-state index in [0.717, 1.165) is 21.8 Å². The molecule has 1 aliphatic heterocycles. The van der Waals surface area contributed by atoms with Gasteiger partial charge < -0.3 is 10.6 Å². The zero-order chi connectivity index (χ0) is 24.5. The SMILES string of the molecule is Cc1ccc([C@@]2(C)NC(=O)N(CC(=O)Nc3ccc(S(=O)(=O)Nc4nccs4)cc3)C2=O)cc1. The maximum atomic E-state index is 13.0. The van der Waals surface area contributed by atoms with E-state index in [2.05, 4.69) is 20.3 Å². The molecule has 2 heterocycles. The van der Waals surface area contributed by atoms with Gasteiger partial charge in [0.15, 0.2) is 5.13 Å². The average molecular weight is 500 g/mol. The molecule has 4 rings (SSSR count). The molecule has 1 aliphatic rings. The Kier molecular flexibility index (Phi) is 6.11. The van der Waals surface area contributed by atoms with Gasteiger partial charge in [0.05, 0.1) is 4.90 Å². The standard InChI is InChI=1S/C22H21N5O5S2/c1-14-3-5-15(6-4-14)22(2)19(29)27(21(30)25-22)13-18(28)24-16-7-9-17(10-8-16)34(31,32)26-20-23-11-12-33-20/h3-12H,13H2,1-2H3,(H,23,26)(H,24,28)(H,25,30)/t22-/m1/s1. The maximum Gasteiger partial charge on any atom is 0.325 e. The molecule has 0 bridgehead atoms. The predicted molar refractivity (Wildman–Crippen MR) is 127 cm³/mol. The van der Waals surface area contributed by atoms with Gasteiger partial charge in [-0.3, -0.25) is 19.2 Å². The molecule has 10 nitrogen and oxygen atoms in total. The van der Waals surface area contributed by atoms with Crippen molar-refractivity contribution in [1.29, 1.82) is 0 Å². The van der Waals surface area contributed by atoms with Crippen molar-refractivity contribution < 1.29 is 22.8 Å². The number of hydrogen-bond acceptors (Lipinski definition) is 7. The first-order valence-electron chi connectivity index (χ1n) is 10.1. The summed E-state index contributed by atoms with van der Waals surface area (Å²) in [6.45, 7) is 3.02. The molecule has 0 radical (unpaired) electrons. The topological polar surface area (TPSA) is 138 Å². The van der Waals surface area contributed by atoms with Crippen LogP contribution in [0.5, 0.6) is 0 Å². The summed E-state index contributed by atoms with van der Waals surface area (Å²) in [5.41, 5.74) is 0.665. The summed E-state index contributed by atoms with van der Waals surface area (Å²) in [7, 11) is -3.82. The van der Waals surface area contributed by atoms with Crippen molar-refractivity contribution in [3.8, 4) is 0 Å². The van der Waals surface area contributed by atoms with Gasteiger partial charge in [-0.1, -0.05) is 29.8 Å². The number of thiazole rings is 1. The highest BCUT2D eigenvalue weighted by Crippen LogP contribution is 2.29. The van der Waals surface area contributed by atoms with E-state index in [1.165, 1.54) is 30.5 Å². The number of hydrogen-bond donors (Lipinski definition) is 3. The molecule has 3 aromatic rings. The van der Waals surface area contributed by atoms with Crippen LogP contribution in [-0.4, -0.2) is 42.7 Å². The lowest BCUT2D eigenvalue weighted by molar-refractivity contribution is -0.133. The number of carbonyl (C=O) groups is 3. The Bertz CT molecular complexity index is 1340. The first kappa shape index (κ1) is 23.4. The first-order valence-corrected chi connectivity index (χ1v) is 12.5. The summed E-state index contributed by atoms with van der Waals surface area (Å²) < 4.78 is 27.2. The molecular formula is C22H21N5O5S2. The third-order valence-electron chi connectivity index (χ3n) is 5.31. The van der Waals surface area contributed by atoms with Crippen LogP contribution in [0.2, 0.25) is 0 Å². The van der Waals surface area contributed by atoms with Crippen LogP contribution in [0.15, 0.2) is 65.0 Å². The minimum absolute atomic E-state index is 0.0105. The summed E-state index contributed by atoms with van der Waals surface area (Å²) in [5.74, 6) is -1.14. The van der Waals surface area contributed by atoms with Crippen LogP contribution in [0, 0.1) is 6.92 Å². The van der Waals surface area contributed by atoms with Crippen molar-refractivity contribution in [2.75, 3.05) is 16.6 Å². The molecule has 0 saturated carbocycles. The number of benzene rings is 2. The fourth-order valence-electron chi connectivity index (χ4n) is 3.43. The Balaban J connectivity index is 1.41. The smallest absolute Gasteiger partial charge is 0.325 e.